The molecule has 3 amide bonds. The van der Waals surface area contributed by atoms with Crippen LogP contribution in [0.2, 0.25) is 0 Å². The van der Waals surface area contributed by atoms with E-state index in [1.54, 1.807) is 17.0 Å². The van der Waals surface area contributed by atoms with Crippen LogP contribution in [0.1, 0.15) is 37.3 Å². The molecular formula is C33H37F3N4O2. The molecule has 1 spiro atoms. The fourth-order valence-electron chi connectivity index (χ4n) is 7.86. The number of nitrogens with one attached hydrogen (secondary N) is 2. The second kappa shape index (κ2) is 10.9. The van der Waals surface area contributed by atoms with Gasteiger partial charge in [-0.1, -0.05) is 49.9 Å². The molecule has 0 aromatic heterocycles. The van der Waals surface area contributed by atoms with Crippen LogP contribution in [0.5, 0.6) is 0 Å². The largest absolute Gasteiger partial charge is 0.416 e. The molecule has 3 fully saturated rings. The molecule has 2 N–H and O–H groups in total. The van der Waals surface area contributed by atoms with Gasteiger partial charge < -0.3 is 20.4 Å². The molecule has 42 heavy (non-hydrogen) atoms. The van der Waals surface area contributed by atoms with Crippen molar-refractivity contribution in [2.24, 2.45) is 29.1 Å². The van der Waals surface area contributed by atoms with Crippen molar-refractivity contribution in [3.05, 3.63) is 84.5 Å². The monoisotopic (exact) mass is 578 g/mol. The molecule has 6 rings (SSSR count). The lowest BCUT2D eigenvalue weighted by Gasteiger charge is -2.47. The van der Waals surface area contributed by atoms with Gasteiger partial charge in [-0.2, -0.15) is 13.2 Å². The van der Waals surface area contributed by atoms with Gasteiger partial charge in [0.2, 0.25) is 5.91 Å². The second-order valence-corrected chi connectivity index (χ2v) is 12.3. The van der Waals surface area contributed by atoms with E-state index in [1.807, 2.05) is 12.1 Å². The fourth-order valence-corrected chi connectivity index (χ4v) is 7.86. The number of hydrogen-bond acceptors (Lipinski definition) is 3. The van der Waals surface area contributed by atoms with Gasteiger partial charge in [-0.15, -0.1) is 0 Å². The molecule has 1 heterocycles. The maximum absolute atomic E-state index is 13.7. The first kappa shape index (κ1) is 28.5. The molecule has 3 aliphatic carbocycles. The van der Waals surface area contributed by atoms with Crippen LogP contribution < -0.4 is 10.6 Å². The zero-order valence-corrected chi connectivity index (χ0v) is 23.7. The Morgan fingerprint density at radius 3 is 2.52 bits per heavy atom. The van der Waals surface area contributed by atoms with Gasteiger partial charge in [0.15, 0.2) is 0 Å². The normalized spacial score (nSPS) is 28.3. The number of likely N-dealkylation sites (tertiary alicyclic amines) is 1. The number of anilines is 2. The van der Waals surface area contributed by atoms with E-state index < -0.39 is 17.8 Å². The summed E-state index contributed by atoms with van der Waals surface area (Å²) < 4.78 is 40.0. The summed E-state index contributed by atoms with van der Waals surface area (Å²) in [6, 6.07) is 11.3. The molecule has 1 aliphatic heterocycles. The Balaban J connectivity index is 1.16. The number of carbonyl (C=O) groups is 2. The Bertz CT molecular complexity index is 1400. The molecule has 2 saturated carbocycles. The lowest BCUT2D eigenvalue weighted by atomic mass is 9.61. The predicted molar refractivity (Wildman–Crippen MR) is 157 cm³/mol. The lowest BCUT2D eigenvalue weighted by molar-refractivity contribution is -0.137. The van der Waals surface area contributed by atoms with Gasteiger partial charge in [0.25, 0.3) is 0 Å². The molecule has 1 saturated heterocycles. The summed E-state index contributed by atoms with van der Waals surface area (Å²) in [5.41, 5.74) is 1.11. The van der Waals surface area contributed by atoms with Crippen LogP contribution in [-0.2, 0) is 17.5 Å². The highest BCUT2D eigenvalue weighted by atomic mass is 19.4. The van der Waals surface area contributed by atoms with Crippen LogP contribution in [0.15, 0.2) is 73.3 Å². The Morgan fingerprint density at radius 1 is 1.07 bits per heavy atom. The van der Waals surface area contributed by atoms with Gasteiger partial charge in [0, 0.05) is 43.6 Å². The first-order chi connectivity index (χ1) is 20.1. The average molecular weight is 579 g/mol. The Labute approximate surface area is 244 Å². The van der Waals surface area contributed by atoms with Crippen molar-refractivity contribution in [3.63, 3.8) is 0 Å². The van der Waals surface area contributed by atoms with Crippen molar-refractivity contribution < 1.29 is 22.8 Å². The number of benzene rings is 2. The summed E-state index contributed by atoms with van der Waals surface area (Å²) in [5, 5.41) is 5.50. The maximum Gasteiger partial charge on any atom is 0.416 e. The number of amides is 3. The summed E-state index contributed by atoms with van der Waals surface area (Å²) in [6.07, 6.45) is 4.35. The minimum Gasteiger partial charge on any atom is -0.322 e. The summed E-state index contributed by atoms with van der Waals surface area (Å²) in [7, 11) is 0. The molecule has 0 bridgehead atoms. The van der Waals surface area contributed by atoms with Crippen molar-refractivity contribution >= 4 is 23.3 Å². The standard InChI is InChI=1S/C33H37F3N4O2/c1-3-30(41)38-29-10-5-4-7-22(29)20-40(31(42)37-25-9-6-8-24(17-25)33(34,35)36)26-13-15-39(16-14-26)19-23-18-32-21(2)27(32)11-12-28(23)32/h3-12,17,21,23,26-28H,1,13-16,18-20H2,2H3,(H,37,42)(H,38,41). The van der Waals surface area contributed by atoms with Crippen LogP contribution in [0, 0.1) is 29.1 Å². The van der Waals surface area contributed by atoms with Crippen LogP contribution in [-0.4, -0.2) is 47.4 Å². The Morgan fingerprint density at radius 2 is 1.81 bits per heavy atom. The number of rotatable bonds is 8. The number of halogens is 3. The van der Waals surface area contributed by atoms with E-state index in [-0.39, 0.29) is 24.2 Å². The highest BCUT2D eigenvalue weighted by Crippen LogP contribution is 2.78. The summed E-state index contributed by atoms with van der Waals surface area (Å²) in [6.45, 7) is 8.85. The van der Waals surface area contributed by atoms with E-state index in [9.17, 15) is 22.8 Å². The molecule has 5 atom stereocenters. The molecule has 5 unspecified atom stereocenters. The number of nitrogens with zero attached hydrogens (tertiary/aromatic N) is 2. The van der Waals surface area contributed by atoms with E-state index in [0.717, 1.165) is 62.0 Å². The number of alkyl halides is 3. The molecule has 6 nitrogen and oxygen atoms in total. The molecular weight excluding hydrogens is 541 g/mol. The molecule has 0 radical (unpaired) electrons. The van der Waals surface area contributed by atoms with Gasteiger partial charge in [0.1, 0.15) is 0 Å². The zero-order chi connectivity index (χ0) is 29.6. The number of hydrogen-bond donors (Lipinski definition) is 2. The predicted octanol–water partition coefficient (Wildman–Crippen LogP) is 6.79. The molecule has 4 aliphatic rings. The SMILES string of the molecule is C=CC(=O)Nc1ccccc1CN(C(=O)Nc1cccc(C(F)(F)F)c1)C1CCN(CC2CC34C(C)C3C=CC24)CC1. The van der Waals surface area contributed by atoms with Crippen molar-refractivity contribution in [3.8, 4) is 0 Å². The number of urea groups is 1. The van der Waals surface area contributed by atoms with Gasteiger partial charge in [-0.3, -0.25) is 4.79 Å². The number of carbonyl (C=O) groups excluding carboxylic acids is 2. The Kier molecular flexibility index (Phi) is 7.41. The first-order valence-electron chi connectivity index (χ1n) is 14.8. The molecule has 2 aromatic rings. The topological polar surface area (TPSA) is 64.7 Å². The lowest BCUT2D eigenvalue weighted by Crippen LogP contribution is -2.51. The molecule has 222 valence electrons. The third kappa shape index (κ3) is 5.23. The minimum atomic E-state index is -4.51. The summed E-state index contributed by atoms with van der Waals surface area (Å²) in [4.78, 5) is 29.9. The van der Waals surface area contributed by atoms with Crippen molar-refractivity contribution in [2.45, 2.75) is 44.9 Å². The van der Waals surface area contributed by atoms with Crippen molar-refractivity contribution in [1.29, 1.82) is 0 Å². The van der Waals surface area contributed by atoms with Gasteiger partial charge in [-0.25, -0.2) is 4.79 Å². The molecule has 2 aromatic carbocycles. The Hall–Kier alpha value is -3.59. The van der Waals surface area contributed by atoms with E-state index in [4.69, 9.17) is 0 Å². The molecule has 9 heteroatoms. The first-order valence-corrected chi connectivity index (χ1v) is 14.8. The number of para-hydroxylation sites is 1. The van der Waals surface area contributed by atoms with Crippen molar-refractivity contribution in [1.82, 2.24) is 9.80 Å². The van der Waals surface area contributed by atoms with Crippen molar-refractivity contribution in [2.75, 3.05) is 30.3 Å². The van der Waals surface area contributed by atoms with E-state index >= 15 is 0 Å². The van der Waals surface area contributed by atoms with E-state index in [0.29, 0.717) is 22.9 Å². The number of allylic oxidation sites excluding steroid dienone is 2. The van der Waals surface area contributed by atoms with Gasteiger partial charge in [-0.05, 0) is 84.3 Å². The fraction of sp³-hybridized carbons (Fsp3) is 0.455. The van der Waals surface area contributed by atoms with Gasteiger partial charge in [0.05, 0.1) is 5.56 Å². The summed E-state index contributed by atoms with van der Waals surface area (Å²) >= 11 is 0. The van der Waals surface area contributed by atoms with Crippen LogP contribution >= 0.6 is 0 Å². The number of piperidine rings is 1. The third-order valence-electron chi connectivity index (χ3n) is 10.2. The van der Waals surface area contributed by atoms with Crippen LogP contribution in [0.3, 0.4) is 0 Å². The quantitative estimate of drug-likeness (QED) is 0.268. The van der Waals surface area contributed by atoms with Crippen LogP contribution in [0.4, 0.5) is 29.3 Å². The summed E-state index contributed by atoms with van der Waals surface area (Å²) in [5.74, 6) is 2.63. The highest BCUT2D eigenvalue weighted by molar-refractivity contribution is 5.99. The average Bonchev–Trinajstić information content (AvgIpc) is 3.42. The second-order valence-electron chi connectivity index (χ2n) is 12.3. The van der Waals surface area contributed by atoms with E-state index in [2.05, 4.69) is 41.2 Å². The van der Waals surface area contributed by atoms with Gasteiger partial charge >= 0.3 is 12.2 Å². The maximum atomic E-state index is 13.7. The van der Waals surface area contributed by atoms with Crippen LogP contribution in [0.25, 0.3) is 0 Å². The highest BCUT2D eigenvalue weighted by Gasteiger charge is 2.73. The smallest absolute Gasteiger partial charge is 0.322 e. The minimum absolute atomic E-state index is 0.0849. The van der Waals surface area contributed by atoms with E-state index in [1.165, 1.54) is 24.6 Å². The zero-order valence-electron chi connectivity index (χ0n) is 23.7. The third-order valence-corrected chi connectivity index (χ3v) is 10.2.